The molecule has 1 aromatic rings. The van der Waals surface area contributed by atoms with E-state index in [2.05, 4.69) is 4.72 Å². The molecule has 0 aliphatic carbocycles. The van der Waals surface area contributed by atoms with E-state index < -0.39 is 10.0 Å². The molecule has 0 aliphatic rings. The van der Waals surface area contributed by atoms with Crippen molar-refractivity contribution in [2.75, 3.05) is 20.8 Å². The fourth-order valence-corrected chi connectivity index (χ4v) is 3.74. The molecule has 0 radical (unpaired) electrons. The molecule has 2 N–H and O–H groups in total. The third-order valence-electron chi connectivity index (χ3n) is 2.94. The number of halogens is 1. The van der Waals surface area contributed by atoms with Crippen LogP contribution in [-0.4, -0.2) is 40.4 Å². The van der Waals surface area contributed by atoms with E-state index in [1.165, 1.54) is 26.4 Å². The second-order valence-electron chi connectivity index (χ2n) is 4.44. The molecule has 21 heavy (non-hydrogen) atoms. The highest BCUT2D eigenvalue weighted by Gasteiger charge is 2.25. The average Bonchev–Trinajstić information content (AvgIpc) is 2.45. The Morgan fingerprint density at radius 2 is 2.05 bits per heavy atom. The van der Waals surface area contributed by atoms with Crippen LogP contribution in [0, 0.1) is 0 Å². The van der Waals surface area contributed by atoms with Crippen molar-refractivity contribution >= 4 is 21.6 Å². The second-order valence-corrected chi connectivity index (χ2v) is 6.56. The molecule has 6 nitrogen and oxygen atoms in total. The van der Waals surface area contributed by atoms with Crippen LogP contribution in [0.1, 0.15) is 18.9 Å². The Balaban J connectivity index is 3.27. The number of hydrogen-bond acceptors (Lipinski definition) is 5. The molecule has 120 valence electrons. The Kier molecular flexibility index (Phi) is 6.89. The van der Waals surface area contributed by atoms with Crippen molar-refractivity contribution in [2.45, 2.75) is 30.9 Å². The highest BCUT2D eigenvalue weighted by atomic mass is 35.5. The Labute approximate surface area is 130 Å². The highest BCUT2D eigenvalue weighted by molar-refractivity contribution is 7.89. The minimum absolute atomic E-state index is 0.0849. The number of rotatable bonds is 8. The number of aliphatic hydroxyl groups excluding tert-OH is 1. The van der Waals surface area contributed by atoms with E-state index in [9.17, 15) is 13.5 Å². The third-order valence-corrected chi connectivity index (χ3v) is 4.69. The molecule has 8 heteroatoms. The van der Waals surface area contributed by atoms with Gasteiger partial charge in [-0.2, -0.15) is 0 Å². The summed E-state index contributed by atoms with van der Waals surface area (Å²) < 4.78 is 37.6. The zero-order valence-electron chi connectivity index (χ0n) is 12.2. The van der Waals surface area contributed by atoms with Crippen molar-refractivity contribution in [3.05, 3.63) is 22.7 Å². The van der Waals surface area contributed by atoms with E-state index in [4.69, 9.17) is 21.1 Å². The number of hydrogen-bond donors (Lipinski definition) is 2. The van der Waals surface area contributed by atoms with Crippen molar-refractivity contribution in [3.8, 4) is 5.75 Å². The number of aliphatic hydroxyl groups is 1. The number of ether oxygens (including phenoxy) is 2. The summed E-state index contributed by atoms with van der Waals surface area (Å²) in [6, 6.07) is 2.40. The molecule has 0 bridgehead atoms. The molecule has 1 rings (SSSR count). The predicted octanol–water partition coefficient (Wildman–Crippen LogP) is 1.54. The molecule has 1 aromatic carbocycles. The Morgan fingerprint density at radius 3 is 2.52 bits per heavy atom. The van der Waals surface area contributed by atoms with Crippen LogP contribution in [0.5, 0.6) is 5.75 Å². The zero-order valence-corrected chi connectivity index (χ0v) is 13.8. The summed E-state index contributed by atoms with van der Waals surface area (Å²) in [4.78, 5) is -0.101. The van der Waals surface area contributed by atoms with E-state index in [1.807, 2.05) is 6.92 Å². The van der Waals surface area contributed by atoms with E-state index in [1.54, 1.807) is 0 Å². The summed E-state index contributed by atoms with van der Waals surface area (Å²) >= 11 is 5.91. The van der Waals surface area contributed by atoms with E-state index in [0.717, 1.165) is 0 Å². The molecule has 0 heterocycles. The van der Waals surface area contributed by atoms with Crippen molar-refractivity contribution in [2.24, 2.45) is 0 Å². The lowest BCUT2D eigenvalue weighted by Crippen LogP contribution is -2.37. The fraction of sp³-hybridized carbons (Fsp3) is 0.538. The molecule has 0 fully saturated rings. The number of benzene rings is 1. The van der Waals surface area contributed by atoms with Gasteiger partial charge >= 0.3 is 0 Å². The van der Waals surface area contributed by atoms with E-state index in [-0.39, 0.29) is 34.9 Å². The summed E-state index contributed by atoms with van der Waals surface area (Å²) in [5.74, 6) is 0.0849. The van der Waals surface area contributed by atoms with Crippen LogP contribution >= 0.6 is 11.6 Å². The Bertz CT molecular complexity index is 576. The van der Waals surface area contributed by atoms with Gasteiger partial charge in [-0.3, -0.25) is 0 Å². The monoisotopic (exact) mass is 337 g/mol. The van der Waals surface area contributed by atoms with Gasteiger partial charge in [-0.05, 0) is 18.6 Å². The maximum Gasteiger partial charge on any atom is 0.244 e. The van der Waals surface area contributed by atoms with Gasteiger partial charge in [0.25, 0.3) is 0 Å². The first-order valence-corrected chi connectivity index (χ1v) is 8.24. The van der Waals surface area contributed by atoms with Crippen LogP contribution in [0.2, 0.25) is 5.02 Å². The summed E-state index contributed by atoms with van der Waals surface area (Å²) in [6.45, 7) is 1.73. The summed E-state index contributed by atoms with van der Waals surface area (Å²) in [6.07, 6.45) is 0.572. The quantitative estimate of drug-likeness (QED) is 0.751. The first kappa shape index (κ1) is 18.2. The molecule has 0 amide bonds. The van der Waals surface area contributed by atoms with Crippen LogP contribution < -0.4 is 9.46 Å². The molecule has 0 aromatic heterocycles. The van der Waals surface area contributed by atoms with Gasteiger partial charge in [0, 0.05) is 23.7 Å². The van der Waals surface area contributed by atoms with Crippen molar-refractivity contribution < 1.29 is 23.0 Å². The smallest absolute Gasteiger partial charge is 0.244 e. The van der Waals surface area contributed by atoms with Gasteiger partial charge in [0.05, 0.1) is 20.3 Å². The molecule has 1 unspecified atom stereocenters. The highest BCUT2D eigenvalue weighted by Crippen LogP contribution is 2.32. The van der Waals surface area contributed by atoms with Gasteiger partial charge in [0.2, 0.25) is 10.0 Å². The first-order valence-electron chi connectivity index (χ1n) is 6.38. The van der Waals surface area contributed by atoms with E-state index in [0.29, 0.717) is 12.0 Å². The lowest BCUT2D eigenvalue weighted by molar-refractivity contribution is 0.173. The largest absolute Gasteiger partial charge is 0.495 e. The maximum absolute atomic E-state index is 12.5. The first-order chi connectivity index (χ1) is 9.89. The van der Waals surface area contributed by atoms with Crippen LogP contribution in [0.3, 0.4) is 0 Å². The molecule has 0 aliphatic heterocycles. The van der Waals surface area contributed by atoms with Gasteiger partial charge < -0.3 is 14.6 Å². The van der Waals surface area contributed by atoms with E-state index >= 15 is 0 Å². The van der Waals surface area contributed by atoms with Crippen molar-refractivity contribution in [1.82, 2.24) is 4.72 Å². The fourth-order valence-electron chi connectivity index (χ4n) is 1.89. The predicted molar refractivity (Wildman–Crippen MR) is 80.2 cm³/mol. The molecule has 0 saturated carbocycles. The van der Waals surface area contributed by atoms with Crippen molar-refractivity contribution in [3.63, 3.8) is 0 Å². The topological polar surface area (TPSA) is 84.9 Å². The summed E-state index contributed by atoms with van der Waals surface area (Å²) in [7, 11) is -1.00. The summed E-state index contributed by atoms with van der Waals surface area (Å²) in [5, 5.41) is 9.51. The standard InChI is InChI=1S/C13H20ClNO5S/c1-4-11(8-19-2)15-21(17,18)12-6-10(14)5-9(7-16)13(12)20-3/h5-6,11,15-16H,4,7-8H2,1-3H3. The van der Waals surface area contributed by atoms with Gasteiger partial charge in [-0.25, -0.2) is 13.1 Å². The van der Waals surface area contributed by atoms with Crippen LogP contribution in [0.15, 0.2) is 17.0 Å². The average molecular weight is 338 g/mol. The van der Waals surface area contributed by atoms with Crippen molar-refractivity contribution in [1.29, 1.82) is 0 Å². The van der Waals surface area contributed by atoms with Crippen LogP contribution in [0.4, 0.5) is 0 Å². The minimum atomic E-state index is -3.84. The lowest BCUT2D eigenvalue weighted by Gasteiger charge is -2.18. The molecule has 0 spiro atoms. The third kappa shape index (κ3) is 4.55. The Morgan fingerprint density at radius 1 is 1.38 bits per heavy atom. The second kappa shape index (κ2) is 7.95. The lowest BCUT2D eigenvalue weighted by atomic mass is 10.2. The molecular weight excluding hydrogens is 318 g/mol. The van der Waals surface area contributed by atoms with Crippen LogP contribution in [-0.2, 0) is 21.4 Å². The zero-order chi connectivity index (χ0) is 16.0. The maximum atomic E-state index is 12.5. The normalized spacial score (nSPS) is 13.2. The minimum Gasteiger partial charge on any atom is -0.495 e. The number of methoxy groups -OCH3 is 2. The molecule has 0 saturated heterocycles. The number of nitrogens with one attached hydrogen (secondary N) is 1. The SMILES string of the molecule is CCC(COC)NS(=O)(=O)c1cc(Cl)cc(CO)c1OC. The molecule has 1 atom stereocenters. The van der Waals surface area contributed by atoms with Crippen LogP contribution in [0.25, 0.3) is 0 Å². The van der Waals surface area contributed by atoms with Gasteiger partial charge in [0.15, 0.2) is 0 Å². The summed E-state index contributed by atoms with van der Waals surface area (Å²) in [5.41, 5.74) is 0.310. The Hall–Kier alpha value is -0.860. The van der Waals surface area contributed by atoms with Gasteiger partial charge in [-0.1, -0.05) is 18.5 Å². The van der Waals surface area contributed by atoms with Gasteiger partial charge in [-0.15, -0.1) is 0 Å². The number of sulfonamides is 1. The van der Waals surface area contributed by atoms with Gasteiger partial charge in [0.1, 0.15) is 10.6 Å². The molecular formula is C13H20ClNO5S.